The van der Waals surface area contributed by atoms with Crippen molar-refractivity contribution in [3.05, 3.63) is 0 Å². The van der Waals surface area contributed by atoms with Gasteiger partial charge >= 0.3 is 6.09 Å². The highest BCUT2D eigenvalue weighted by Crippen LogP contribution is 2.40. The van der Waals surface area contributed by atoms with Gasteiger partial charge in [0.25, 0.3) is 5.91 Å². The van der Waals surface area contributed by atoms with Crippen LogP contribution in [-0.4, -0.2) is 63.8 Å². The molecule has 3 aliphatic rings. The van der Waals surface area contributed by atoms with Crippen molar-refractivity contribution in [2.45, 2.75) is 121 Å². The lowest BCUT2D eigenvalue weighted by molar-refractivity contribution is -0.133. The van der Waals surface area contributed by atoms with E-state index >= 15 is 0 Å². The fourth-order valence-electron chi connectivity index (χ4n) is 4.87. The van der Waals surface area contributed by atoms with Gasteiger partial charge in [-0.15, -0.1) is 0 Å². The van der Waals surface area contributed by atoms with Gasteiger partial charge in [-0.25, -0.2) is 4.79 Å². The quantitative estimate of drug-likeness (QED) is 0.567. The molecule has 3 amide bonds. The molecule has 1 unspecified atom stereocenters. The lowest BCUT2D eigenvalue weighted by Gasteiger charge is -2.35. The number of carbonyl (C=O) groups excluding carboxylic acids is 3. The first-order chi connectivity index (χ1) is 14.6. The highest BCUT2D eigenvalue weighted by molar-refractivity contribution is 5.88. The second-order valence-electron chi connectivity index (χ2n) is 10.4. The van der Waals surface area contributed by atoms with Crippen molar-refractivity contribution in [2.75, 3.05) is 0 Å². The van der Waals surface area contributed by atoms with Crippen LogP contribution in [0.1, 0.15) is 85.5 Å². The predicted molar refractivity (Wildman–Crippen MR) is 116 cm³/mol. The molecule has 1 heterocycles. The molecule has 0 bridgehead atoms. The average Bonchev–Trinajstić information content (AvgIpc) is 3.41. The molecule has 8 nitrogen and oxygen atoms in total. The zero-order valence-corrected chi connectivity index (χ0v) is 19.4. The first kappa shape index (κ1) is 23.8. The van der Waals surface area contributed by atoms with Crippen molar-refractivity contribution in [2.24, 2.45) is 5.92 Å². The van der Waals surface area contributed by atoms with E-state index in [1.807, 2.05) is 27.7 Å². The van der Waals surface area contributed by atoms with Gasteiger partial charge in [-0.1, -0.05) is 26.2 Å². The van der Waals surface area contributed by atoms with Crippen LogP contribution in [0.2, 0.25) is 0 Å². The van der Waals surface area contributed by atoms with Crippen molar-refractivity contribution in [1.29, 1.82) is 0 Å². The normalized spacial score (nSPS) is 27.8. The Kier molecular flexibility index (Phi) is 7.50. The van der Waals surface area contributed by atoms with Crippen molar-refractivity contribution in [3.63, 3.8) is 0 Å². The molecule has 5 atom stereocenters. The van der Waals surface area contributed by atoms with Crippen molar-refractivity contribution in [3.8, 4) is 0 Å². The summed E-state index contributed by atoms with van der Waals surface area (Å²) in [4.78, 5) is 40.3. The number of hydrogen-bond donors (Lipinski definition) is 3. The summed E-state index contributed by atoms with van der Waals surface area (Å²) in [6.45, 7) is 7.41. The van der Waals surface area contributed by atoms with E-state index in [9.17, 15) is 19.5 Å². The summed E-state index contributed by atoms with van der Waals surface area (Å²) in [5.74, 6) is -0.466. The SMILES string of the molecule is CCC[C@H](NC(=O)[C@@H]1C[C@@H]2CCCC[C@@H]2N1C(=O)OC(C)(C)C)C(O)C(=O)NC1CC1. The van der Waals surface area contributed by atoms with Crippen LogP contribution in [0.5, 0.6) is 0 Å². The molecule has 1 aliphatic heterocycles. The standard InChI is InChI=1S/C23H39N3O5/c1-5-8-16(19(27)21(29)24-15-11-12-15)25-20(28)18-13-14-9-6-7-10-17(14)26(18)22(30)31-23(2,3)4/h14-19,27H,5-13H2,1-4H3,(H,24,29)(H,25,28)/t14-,16-,17-,18-,19?/m0/s1. The summed E-state index contributed by atoms with van der Waals surface area (Å²) in [5, 5.41) is 16.3. The maximum Gasteiger partial charge on any atom is 0.411 e. The Morgan fingerprint density at radius 3 is 2.42 bits per heavy atom. The lowest BCUT2D eigenvalue weighted by Crippen LogP contribution is -2.56. The molecule has 31 heavy (non-hydrogen) atoms. The van der Waals surface area contributed by atoms with E-state index in [1.165, 1.54) is 0 Å². The Hall–Kier alpha value is -1.83. The van der Waals surface area contributed by atoms with Gasteiger partial charge in [0.05, 0.1) is 6.04 Å². The molecular weight excluding hydrogens is 398 g/mol. The lowest BCUT2D eigenvalue weighted by atomic mass is 9.85. The van der Waals surface area contributed by atoms with E-state index in [2.05, 4.69) is 10.6 Å². The third-order valence-electron chi connectivity index (χ3n) is 6.50. The second kappa shape index (κ2) is 9.76. The van der Waals surface area contributed by atoms with Gasteiger partial charge in [0.15, 0.2) is 6.10 Å². The summed E-state index contributed by atoms with van der Waals surface area (Å²) in [6.07, 6.45) is 5.91. The van der Waals surface area contributed by atoms with Crippen LogP contribution in [0.3, 0.4) is 0 Å². The Labute approximate surface area is 185 Å². The summed E-state index contributed by atoms with van der Waals surface area (Å²) in [6, 6.07) is -1.17. The van der Waals surface area contributed by atoms with Crippen LogP contribution in [0.15, 0.2) is 0 Å². The molecule has 0 spiro atoms. The van der Waals surface area contributed by atoms with Gasteiger partial charge in [-0.05, 0) is 65.2 Å². The summed E-state index contributed by atoms with van der Waals surface area (Å²) >= 11 is 0. The number of likely N-dealkylation sites (tertiary alicyclic amines) is 1. The number of nitrogens with one attached hydrogen (secondary N) is 2. The number of nitrogens with zero attached hydrogens (tertiary/aromatic N) is 1. The van der Waals surface area contributed by atoms with Crippen LogP contribution in [0.4, 0.5) is 4.79 Å². The van der Waals surface area contributed by atoms with Gasteiger partial charge in [0, 0.05) is 12.1 Å². The van der Waals surface area contributed by atoms with Gasteiger partial charge in [0.1, 0.15) is 11.6 Å². The van der Waals surface area contributed by atoms with Crippen LogP contribution in [0.25, 0.3) is 0 Å². The Morgan fingerprint density at radius 2 is 1.81 bits per heavy atom. The molecule has 3 N–H and O–H groups in total. The molecule has 3 fully saturated rings. The number of fused-ring (bicyclic) bond motifs is 1. The minimum atomic E-state index is -1.30. The Morgan fingerprint density at radius 1 is 1.13 bits per heavy atom. The van der Waals surface area contributed by atoms with Crippen molar-refractivity contribution >= 4 is 17.9 Å². The van der Waals surface area contributed by atoms with E-state index in [1.54, 1.807) is 4.90 Å². The predicted octanol–water partition coefficient (Wildman–Crippen LogP) is 2.48. The number of rotatable bonds is 7. The first-order valence-electron chi connectivity index (χ1n) is 11.9. The minimum absolute atomic E-state index is 0.00654. The van der Waals surface area contributed by atoms with E-state index < -0.39 is 35.8 Å². The molecule has 0 aromatic rings. The molecule has 0 aromatic heterocycles. The second-order valence-corrected chi connectivity index (χ2v) is 10.4. The topological polar surface area (TPSA) is 108 Å². The fraction of sp³-hybridized carbons (Fsp3) is 0.870. The minimum Gasteiger partial charge on any atom is -0.444 e. The molecule has 1 saturated heterocycles. The number of ether oxygens (including phenoxy) is 1. The zero-order chi connectivity index (χ0) is 22.8. The van der Waals surface area contributed by atoms with E-state index in [0.717, 1.165) is 38.5 Å². The highest BCUT2D eigenvalue weighted by Gasteiger charge is 2.49. The van der Waals surface area contributed by atoms with Crippen molar-refractivity contribution < 1.29 is 24.2 Å². The van der Waals surface area contributed by atoms with Crippen LogP contribution in [0, 0.1) is 5.92 Å². The molecule has 8 heteroatoms. The van der Waals surface area contributed by atoms with E-state index in [0.29, 0.717) is 19.3 Å². The highest BCUT2D eigenvalue weighted by atomic mass is 16.6. The van der Waals surface area contributed by atoms with Crippen LogP contribution in [-0.2, 0) is 14.3 Å². The summed E-state index contributed by atoms with van der Waals surface area (Å²) < 4.78 is 5.63. The first-order valence-corrected chi connectivity index (χ1v) is 11.9. The number of amides is 3. The van der Waals surface area contributed by atoms with Gasteiger partial charge in [-0.3, -0.25) is 14.5 Å². The smallest absolute Gasteiger partial charge is 0.411 e. The average molecular weight is 438 g/mol. The monoisotopic (exact) mass is 437 g/mol. The summed E-state index contributed by atoms with van der Waals surface area (Å²) in [7, 11) is 0. The summed E-state index contributed by atoms with van der Waals surface area (Å²) in [5.41, 5.74) is -0.646. The Bertz CT molecular complexity index is 673. The third kappa shape index (κ3) is 6.11. The fourth-order valence-corrected chi connectivity index (χ4v) is 4.87. The van der Waals surface area contributed by atoms with E-state index in [-0.39, 0.29) is 23.9 Å². The third-order valence-corrected chi connectivity index (χ3v) is 6.50. The molecule has 176 valence electrons. The maximum atomic E-state index is 13.3. The number of carbonyl (C=O) groups is 3. The molecule has 0 aromatic carbocycles. The number of aliphatic hydroxyl groups is 1. The van der Waals surface area contributed by atoms with Gasteiger partial charge in [0.2, 0.25) is 5.91 Å². The van der Waals surface area contributed by atoms with Crippen LogP contribution < -0.4 is 10.6 Å². The molecule has 0 radical (unpaired) electrons. The van der Waals surface area contributed by atoms with Gasteiger partial charge < -0.3 is 20.5 Å². The van der Waals surface area contributed by atoms with E-state index in [4.69, 9.17) is 4.74 Å². The van der Waals surface area contributed by atoms with Crippen molar-refractivity contribution in [1.82, 2.24) is 15.5 Å². The number of hydrogen-bond acceptors (Lipinski definition) is 5. The number of aliphatic hydroxyl groups excluding tert-OH is 1. The Balaban J connectivity index is 1.72. The van der Waals surface area contributed by atoms with Gasteiger partial charge in [-0.2, -0.15) is 0 Å². The molecule has 2 aliphatic carbocycles. The zero-order valence-electron chi connectivity index (χ0n) is 19.4. The maximum absolute atomic E-state index is 13.3. The molecule has 3 rings (SSSR count). The van der Waals surface area contributed by atoms with Crippen LogP contribution >= 0.6 is 0 Å². The largest absolute Gasteiger partial charge is 0.444 e. The molecular formula is C23H39N3O5. The molecule has 2 saturated carbocycles.